The van der Waals surface area contributed by atoms with Crippen molar-refractivity contribution >= 4 is 28.9 Å². The number of anilines is 1. The SMILES string of the molecule is CCOC(=O)c1c(C)oc2nc(COC(=O)CCC3CCCC3)nc(N)c12. The summed E-state index contributed by atoms with van der Waals surface area (Å²) in [7, 11) is 0. The van der Waals surface area contributed by atoms with Crippen LogP contribution in [0.2, 0.25) is 0 Å². The van der Waals surface area contributed by atoms with E-state index in [1.54, 1.807) is 13.8 Å². The first-order chi connectivity index (χ1) is 13.0. The van der Waals surface area contributed by atoms with Crippen molar-refractivity contribution in [2.24, 2.45) is 5.92 Å². The van der Waals surface area contributed by atoms with Crippen LogP contribution in [-0.4, -0.2) is 28.5 Å². The van der Waals surface area contributed by atoms with E-state index in [1.807, 2.05) is 0 Å². The third kappa shape index (κ3) is 4.37. The standard InChI is InChI=1S/C19H25N3O5/c1-3-25-19(24)15-11(2)27-18-16(15)17(20)21-13(22-18)10-26-14(23)9-8-12-6-4-5-7-12/h12H,3-10H2,1-2H3,(H2,20,21,22). The molecule has 27 heavy (non-hydrogen) atoms. The summed E-state index contributed by atoms with van der Waals surface area (Å²) in [5, 5.41) is 0.322. The number of nitrogens with two attached hydrogens (primary N) is 1. The van der Waals surface area contributed by atoms with Crippen LogP contribution in [0.25, 0.3) is 11.1 Å². The molecule has 0 atom stereocenters. The number of hydrogen-bond donors (Lipinski definition) is 1. The molecule has 0 spiro atoms. The van der Waals surface area contributed by atoms with Gasteiger partial charge in [0.2, 0.25) is 5.71 Å². The van der Waals surface area contributed by atoms with Gasteiger partial charge < -0.3 is 19.6 Å². The monoisotopic (exact) mass is 375 g/mol. The number of carbonyl (C=O) groups excluding carboxylic acids is 2. The van der Waals surface area contributed by atoms with E-state index in [0.29, 0.717) is 23.5 Å². The summed E-state index contributed by atoms with van der Waals surface area (Å²) in [5.41, 5.74) is 6.40. The van der Waals surface area contributed by atoms with Crippen molar-refractivity contribution in [3.8, 4) is 0 Å². The molecule has 2 heterocycles. The van der Waals surface area contributed by atoms with Crippen LogP contribution in [0.15, 0.2) is 4.42 Å². The lowest BCUT2D eigenvalue weighted by Gasteiger charge is -2.08. The fourth-order valence-corrected chi connectivity index (χ4v) is 3.54. The molecule has 1 aliphatic carbocycles. The summed E-state index contributed by atoms with van der Waals surface area (Å²) in [6.07, 6.45) is 6.16. The molecule has 0 bridgehead atoms. The van der Waals surface area contributed by atoms with Crippen LogP contribution in [0.3, 0.4) is 0 Å². The summed E-state index contributed by atoms with van der Waals surface area (Å²) < 4.78 is 15.8. The highest BCUT2D eigenvalue weighted by molar-refractivity contribution is 6.07. The Hall–Kier alpha value is -2.64. The number of rotatable bonds is 7. The highest BCUT2D eigenvalue weighted by atomic mass is 16.5. The Kier molecular flexibility index (Phi) is 5.93. The van der Waals surface area contributed by atoms with Crippen LogP contribution in [-0.2, 0) is 20.9 Å². The molecule has 3 rings (SSSR count). The average molecular weight is 375 g/mol. The van der Waals surface area contributed by atoms with Gasteiger partial charge in [-0.1, -0.05) is 25.7 Å². The molecular weight excluding hydrogens is 350 g/mol. The van der Waals surface area contributed by atoms with E-state index in [4.69, 9.17) is 19.6 Å². The predicted octanol–water partition coefficient (Wildman–Crippen LogP) is 3.30. The average Bonchev–Trinajstić information content (AvgIpc) is 3.25. The molecular formula is C19H25N3O5. The number of fused-ring (bicyclic) bond motifs is 1. The highest BCUT2D eigenvalue weighted by Crippen LogP contribution is 2.30. The Labute approximate surface area is 157 Å². The van der Waals surface area contributed by atoms with Crippen LogP contribution < -0.4 is 5.73 Å². The van der Waals surface area contributed by atoms with Gasteiger partial charge in [-0.2, -0.15) is 4.98 Å². The largest absolute Gasteiger partial charge is 0.462 e. The summed E-state index contributed by atoms with van der Waals surface area (Å²) >= 11 is 0. The van der Waals surface area contributed by atoms with E-state index >= 15 is 0 Å². The van der Waals surface area contributed by atoms with Crippen LogP contribution in [0.5, 0.6) is 0 Å². The second-order valence-electron chi connectivity index (χ2n) is 6.81. The van der Waals surface area contributed by atoms with E-state index < -0.39 is 5.97 Å². The lowest BCUT2D eigenvalue weighted by atomic mass is 10.0. The molecule has 1 fully saturated rings. The molecule has 2 aromatic heterocycles. The Morgan fingerprint density at radius 3 is 2.67 bits per heavy atom. The summed E-state index contributed by atoms with van der Waals surface area (Å²) in [4.78, 5) is 32.4. The maximum atomic E-state index is 12.1. The van der Waals surface area contributed by atoms with Crippen molar-refractivity contribution in [3.63, 3.8) is 0 Å². The van der Waals surface area contributed by atoms with Crippen LogP contribution in [0.4, 0.5) is 5.82 Å². The van der Waals surface area contributed by atoms with E-state index in [0.717, 1.165) is 6.42 Å². The number of nitrogen functional groups attached to an aromatic ring is 1. The van der Waals surface area contributed by atoms with Gasteiger partial charge in [0.1, 0.15) is 17.1 Å². The van der Waals surface area contributed by atoms with E-state index in [2.05, 4.69) is 9.97 Å². The molecule has 0 aromatic carbocycles. The normalized spacial score (nSPS) is 14.6. The summed E-state index contributed by atoms with van der Waals surface area (Å²) in [6.45, 7) is 3.50. The van der Waals surface area contributed by atoms with Gasteiger partial charge in [-0.3, -0.25) is 4.79 Å². The van der Waals surface area contributed by atoms with Crippen molar-refractivity contribution in [1.82, 2.24) is 9.97 Å². The van der Waals surface area contributed by atoms with Crippen LogP contribution in [0.1, 0.15) is 67.4 Å². The van der Waals surface area contributed by atoms with Gasteiger partial charge in [-0.25, -0.2) is 9.78 Å². The molecule has 8 nitrogen and oxygen atoms in total. The van der Waals surface area contributed by atoms with Crippen LogP contribution >= 0.6 is 0 Å². The smallest absolute Gasteiger partial charge is 0.342 e. The molecule has 0 aliphatic heterocycles. The number of aromatic nitrogens is 2. The fraction of sp³-hybridized carbons (Fsp3) is 0.579. The maximum absolute atomic E-state index is 12.1. The van der Waals surface area contributed by atoms with Gasteiger partial charge in [0.05, 0.1) is 12.0 Å². The molecule has 1 saturated carbocycles. The second kappa shape index (κ2) is 8.37. The zero-order valence-electron chi connectivity index (χ0n) is 15.7. The molecule has 0 radical (unpaired) electrons. The highest BCUT2D eigenvalue weighted by Gasteiger charge is 2.24. The minimum absolute atomic E-state index is 0.0852. The van der Waals surface area contributed by atoms with Gasteiger partial charge in [-0.05, 0) is 26.2 Å². The number of hydrogen-bond acceptors (Lipinski definition) is 8. The molecule has 8 heteroatoms. The van der Waals surface area contributed by atoms with Crippen molar-refractivity contribution in [2.75, 3.05) is 12.3 Å². The minimum Gasteiger partial charge on any atom is -0.462 e. The quantitative estimate of drug-likeness (QED) is 0.732. The number of nitrogens with zero attached hydrogens (tertiary/aromatic N) is 2. The van der Waals surface area contributed by atoms with E-state index in [1.165, 1.54) is 25.7 Å². The molecule has 2 N–H and O–H groups in total. The lowest BCUT2D eigenvalue weighted by Crippen LogP contribution is -2.10. The predicted molar refractivity (Wildman–Crippen MR) is 97.9 cm³/mol. The van der Waals surface area contributed by atoms with Gasteiger partial charge in [0.15, 0.2) is 12.4 Å². The first-order valence-electron chi connectivity index (χ1n) is 9.37. The number of ether oxygens (including phenoxy) is 2. The first kappa shape index (κ1) is 19.1. The number of esters is 2. The molecule has 0 saturated heterocycles. The maximum Gasteiger partial charge on any atom is 0.342 e. The number of furan rings is 1. The third-order valence-electron chi connectivity index (χ3n) is 4.88. The van der Waals surface area contributed by atoms with Crippen LogP contribution in [0, 0.1) is 12.8 Å². The minimum atomic E-state index is -0.532. The fourth-order valence-electron chi connectivity index (χ4n) is 3.54. The van der Waals surface area contributed by atoms with Gasteiger partial charge in [-0.15, -0.1) is 0 Å². The summed E-state index contributed by atoms with van der Waals surface area (Å²) in [5.74, 6) is 0.515. The molecule has 0 unspecified atom stereocenters. The van der Waals surface area contributed by atoms with Crippen molar-refractivity contribution in [3.05, 3.63) is 17.1 Å². The topological polar surface area (TPSA) is 118 Å². The lowest BCUT2D eigenvalue weighted by molar-refractivity contribution is -0.145. The third-order valence-corrected chi connectivity index (χ3v) is 4.88. The van der Waals surface area contributed by atoms with E-state index in [9.17, 15) is 9.59 Å². The van der Waals surface area contributed by atoms with Gasteiger partial charge in [0, 0.05) is 6.42 Å². The molecule has 0 amide bonds. The Morgan fingerprint density at radius 2 is 1.96 bits per heavy atom. The molecule has 146 valence electrons. The Balaban J connectivity index is 1.67. The number of carbonyl (C=O) groups is 2. The second-order valence-corrected chi connectivity index (χ2v) is 6.81. The van der Waals surface area contributed by atoms with Crippen molar-refractivity contribution < 1.29 is 23.5 Å². The zero-order valence-corrected chi connectivity index (χ0v) is 15.7. The van der Waals surface area contributed by atoms with Crippen molar-refractivity contribution in [1.29, 1.82) is 0 Å². The first-order valence-corrected chi connectivity index (χ1v) is 9.37. The van der Waals surface area contributed by atoms with Gasteiger partial charge >= 0.3 is 11.9 Å². The summed E-state index contributed by atoms with van der Waals surface area (Å²) in [6, 6.07) is 0. The number of aryl methyl sites for hydroxylation is 1. The zero-order chi connectivity index (χ0) is 19.4. The van der Waals surface area contributed by atoms with E-state index in [-0.39, 0.29) is 42.1 Å². The Bertz CT molecular complexity index is 839. The van der Waals surface area contributed by atoms with Gasteiger partial charge in [0.25, 0.3) is 0 Å². The van der Waals surface area contributed by atoms with Crippen molar-refractivity contribution in [2.45, 2.75) is 59.0 Å². The molecule has 1 aliphatic rings. The Morgan fingerprint density at radius 1 is 1.22 bits per heavy atom. The molecule has 2 aromatic rings.